The number of amides is 1. The maximum absolute atomic E-state index is 12.5. The number of nitrogens with one attached hydrogen (secondary N) is 1. The van der Waals surface area contributed by atoms with E-state index in [2.05, 4.69) is 12.2 Å². The van der Waals surface area contributed by atoms with Crippen molar-refractivity contribution in [3.63, 3.8) is 0 Å². The average Bonchev–Trinajstić information content (AvgIpc) is 3.01. The Morgan fingerprint density at radius 1 is 1.29 bits per heavy atom. The third-order valence-corrected chi connectivity index (χ3v) is 5.22. The van der Waals surface area contributed by atoms with Gasteiger partial charge in [-0.25, -0.2) is 0 Å². The zero-order valence-electron chi connectivity index (χ0n) is 12.4. The highest BCUT2D eigenvalue weighted by atomic mass is 35.5. The third-order valence-electron chi connectivity index (χ3n) is 4.97. The van der Waals surface area contributed by atoms with Crippen molar-refractivity contribution in [1.82, 2.24) is 5.32 Å². The molecule has 2 aliphatic rings. The molecule has 5 unspecified atom stereocenters. The van der Waals surface area contributed by atoms with E-state index in [1.165, 1.54) is 6.42 Å². The van der Waals surface area contributed by atoms with E-state index in [0.29, 0.717) is 11.8 Å². The topological polar surface area (TPSA) is 55.1 Å². The molecule has 2 fully saturated rings. The minimum absolute atomic E-state index is 0.0869. The molecule has 3 nitrogen and oxygen atoms in total. The van der Waals surface area contributed by atoms with Crippen molar-refractivity contribution in [2.45, 2.75) is 44.7 Å². The second kappa shape index (κ2) is 5.98. The molecule has 4 heteroatoms. The highest BCUT2D eigenvalue weighted by Crippen LogP contribution is 2.47. The lowest BCUT2D eigenvalue weighted by Gasteiger charge is -2.22. The molecule has 114 valence electrons. The van der Waals surface area contributed by atoms with E-state index in [1.807, 2.05) is 24.3 Å². The van der Waals surface area contributed by atoms with Gasteiger partial charge in [0, 0.05) is 17.0 Å². The van der Waals surface area contributed by atoms with Crippen LogP contribution in [0.3, 0.4) is 0 Å². The summed E-state index contributed by atoms with van der Waals surface area (Å²) in [5.41, 5.74) is 7.08. The van der Waals surface area contributed by atoms with E-state index in [1.54, 1.807) is 0 Å². The van der Waals surface area contributed by atoms with Gasteiger partial charge in [0.05, 0.1) is 6.04 Å². The van der Waals surface area contributed by atoms with Crippen molar-refractivity contribution < 1.29 is 4.79 Å². The van der Waals surface area contributed by atoms with Crippen LogP contribution in [-0.2, 0) is 4.79 Å². The zero-order valence-corrected chi connectivity index (χ0v) is 13.1. The van der Waals surface area contributed by atoms with Crippen molar-refractivity contribution in [3.05, 3.63) is 34.9 Å². The summed E-state index contributed by atoms with van der Waals surface area (Å²) in [7, 11) is 0. The van der Waals surface area contributed by atoms with Crippen LogP contribution in [-0.4, -0.2) is 11.9 Å². The van der Waals surface area contributed by atoms with E-state index >= 15 is 0 Å². The normalized spacial score (nSPS) is 32.7. The van der Waals surface area contributed by atoms with Gasteiger partial charge in [-0.1, -0.05) is 30.7 Å². The molecule has 0 aliphatic heterocycles. The predicted molar refractivity (Wildman–Crippen MR) is 84.9 cm³/mol. The monoisotopic (exact) mass is 306 g/mol. The lowest BCUT2D eigenvalue weighted by molar-refractivity contribution is -0.125. The van der Waals surface area contributed by atoms with E-state index in [4.69, 9.17) is 17.3 Å². The molecule has 3 N–H and O–H groups in total. The van der Waals surface area contributed by atoms with Gasteiger partial charge in [0.25, 0.3) is 0 Å². The summed E-state index contributed by atoms with van der Waals surface area (Å²) in [6, 6.07) is 8.15. The summed E-state index contributed by atoms with van der Waals surface area (Å²) in [6.07, 6.45) is 3.88. The van der Waals surface area contributed by atoms with Crippen LogP contribution < -0.4 is 11.1 Å². The largest absolute Gasteiger partial charge is 0.349 e. The first-order valence-electron chi connectivity index (χ1n) is 7.86. The lowest BCUT2D eigenvalue weighted by Crippen LogP contribution is -2.35. The average molecular weight is 307 g/mol. The number of carbonyl (C=O) groups is 1. The van der Waals surface area contributed by atoms with Gasteiger partial charge >= 0.3 is 0 Å². The number of hydrogen-bond acceptors (Lipinski definition) is 2. The van der Waals surface area contributed by atoms with Crippen LogP contribution in [0.2, 0.25) is 5.02 Å². The fourth-order valence-electron chi connectivity index (χ4n) is 3.45. The molecule has 5 atom stereocenters. The van der Waals surface area contributed by atoms with Crippen LogP contribution in [0.1, 0.15) is 44.2 Å². The van der Waals surface area contributed by atoms with Crippen molar-refractivity contribution in [3.8, 4) is 0 Å². The zero-order chi connectivity index (χ0) is 15.0. The maximum atomic E-state index is 12.5. The third kappa shape index (κ3) is 3.41. The Hall–Kier alpha value is -1.06. The fourth-order valence-corrected chi connectivity index (χ4v) is 3.57. The number of rotatable bonds is 4. The van der Waals surface area contributed by atoms with Gasteiger partial charge in [0.15, 0.2) is 0 Å². The first-order chi connectivity index (χ1) is 10.0. The van der Waals surface area contributed by atoms with E-state index in [9.17, 15) is 4.79 Å². The second-order valence-electron chi connectivity index (χ2n) is 6.68. The highest BCUT2D eigenvalue weighted by Gasteiger charge is 2.42. The minimum atomic E-state index is 0.0869. The highest BCUT2D eigenvalue weighted by molar-refractivity contribution is 6.30. The summed E-state index contributed by atoms with van der Waals surface area (Å²) >= 11 is 5.96. The van der Waals surface area contributed by atoms with Gasteiger partial charge in [-0.05, 0) is 55.2 Å². The van der Waals surface area contributed by atoms with Gasteiger partial charge in [0.2, 0.25) is 5.91 Å². The summed E-state index contributed by atoms with van der Waals surface area (Å²) in [5, 5.41) is 4.00. The standard InChI is InChI=1S/C17H23ClN2O/c1-10-8-15(10)16(11-2-5-13(18)6-3-11)20-17(21)12-4-7-14(19)9-12/h2-3,5-6,10,12,14-16H,4,7-9,19H2,1H3,(H,20,21). The Kier molecular flexibility index (Phi) is 4.23. The van der Waals surface area contributed by atoms with Crippen LogP contribution in [0.4, 0.5) is 0 Å². The predicted octanol–water partition coefficient (Wildman–Crippen LogP) is 3.28. The Bertz CT molecular complexity index is 516. The molecule has 0 saturated heterocycles. The van der Waals surface area contributed by atoms with Crippen LogP contribution in [0.5, 0.6) is 0 Å². The molecule has 0 spiro atoms. The minimum Gasteiger partial charge on any atom is -0.349 e. The molecule has 1 aromatic rings. The quantitative estimate of drug-likeness (QED) is 0.897. The molecule has 2 saturated carbocycles. The molecule has 3 rings (SSSR count). The van der Waals surface area contributed by atoms with E-state index in [0.717, 1.165) is 29.8 Å². The molecular weight excluding hydrogens is 284 g/mol. The second-order valence-corrected chi connectivity index (χ2v) is 7.12. The SMILES string of the molecule is CC1CC1C(NC(=O)C1CCC(N)C1)c1ccc(Cl)cc1. The molecular formula is C17H23ClN2O. The molecule has 0 heterocycles. The van der Waals surface area contributed by atoms with Gasteiger partial charge < -0.3 is 11.1 Å². The van der Waals surface area contributed by atoms with E-state index in [-0.39, 0.29) is 23.9 Å². The summed E-state index contributed by atoms with van der Waals surface area (Å²) in [6.45, 7) is 2.24. The van der Waals surface area contributed by atoms with E-state index < -0.39 is 0 Å². The summed E-state index contributed by atoms with van der Waals surface area (Å²) in [5.74, 6) is 1.48. The van der Waals surface area contributed by atoms with Crippen LogP contribution in [0.25, 0.3) is 0 Å². The molecule has 1 aromatic carbocycles. The fraction of sp³-hybridized carbons (Fsp3) is 0.588. The first-order valence-corrected chi connectivity index (χ1v) is 8.24. The maximum Gasteiger partial charge on any atom is 0.223 e. The smallest absolute Gasteiger partial charge is 0.223 e. The Morgan fingerprint density at radius 2 is 1.95 bits per heavy atom. The van der Waals surface area contributed by atoms with Crippen molar-refractivity contribution in [2.75, 3.05) is 0 Å². The van der Waals surface area contributed by atoms with Gasteiger partial charge in [0.1, 0.15) is 0 Å². The van der Waals surface area contributed by atoms with Gasteiger partial charge in [-0.15, -0.1) is 0 Å². The Balaban J connectivity index is 1.71. The Labute approximate surface area is 131 Å². The van der Waals surface area contributed by atoms with Crippen molar-refractivity contribution in [1.29, 1.82) is 0 Å². The molecule has 0 radical (unpaired) electrons. The summed E-state index contributed by atoms with van der Waals surface area (Å²) < 4.78 is 0. The summed E-state index contributed by atoms with van der Waals surface area (Å²) in [4.78, 5) is 12.5. The van der Waals surface area contributed by atoms with Crippen molar-refractivity contribution >= 4 is 17.5 Å². The number of hydrogen-bond donors (Lipinski definition) is 2. The lowest BCUT2D eigenvalue weighted by atomic mass is 9.99. The van der Waals surface area contributed by atoms with Crippen LogP contribution in [0.15, 0.2) is 24.3 Å². The number of carbonyl (C=O) groups excluding carboxylic acids is 1. The van der Waals surface area contributed by atoms with Gasteiger partial charge in [-0.2, -0.15) is 0 Å². The number of benzene rings is 1. The molecule has 21 heavy (non-hydrogen) atoms. The Morgan fingerprint density at radius 3 is 2.48 bits per heavy atom. The molecule has 0 bridgehead atoms. The van der Waals surface area contributed by atoms with Gasteiger partial charge in [-0.3, -0.25) is 4.79 Å². The van der Waals surface area contributed by atoms with Crippen LogP contribution in [0, 0.1) is 17.8 Å². The molecule has 1 amide bonds. The first kappa shape index (κ1) is 14.9. The molecule has 2 aliphatic carbocycles. The number of nitrogens with two attached hydrogens (primary N) is 1. The van der Waals surface area contributed by atoms with Crippen molar-refractivity contribution in [2.24, 2.45) is 23.5 Å². The molecule has 0 aromatic heterocycles. The number of halogens is 1. The van der Waals surface area contributed by atoms with Crippen LogP contribution >= 0.6 is 11.6 Å².